The molecule has 1 N–H and O–H groups in total. The summed E-state index contributed by atoms with van der Waals surface area (Å²) >= 11 is 0. The molecule has 0 amide bonds. The average molecular weight is 342 g/mol. The topological polar surface area (TPSA) is 46.5 Å². The number of rotatable bonds is 2. The summed E-state index contributed by atoms with van der Waals surface area (Å²) in [5, 5.41) is 10.6. The van der Waals surface area contributed by atoms with E-state index in [2.05, 4.69) is 26.8 Å². The summed E-state index contributed by atoms with van der Waals surface area (Å²) in [6, 6.07) is 9.04. The van der Waals surface area contributed by atoms with E-state index in [0.29, 0.717) is 12.0 Å². The first-order valence-corrected chi connectivity index (χ1v) is 9.07. The molecule has 0 aromatic heterocycles. The van der Waals surface area contributed by atoms with Gasteiger partial charge in [0.25, 0.3) is 0 Å². The normalized spacial score (nSPS) is 28.7. The van der Waals surface area contributed by atoms with Gasteiger partial charge in [-0.15, -0.1) is 0 Å². The van der Waals surface area contributed by atoms with Crippen LogP contribution in [0.1, 0.15) is 63.7 Å². The molecule has 2 atom stereocenters. The van der Waals surface area contributed by atoms with Crippen molar-refractivity contribution in [2.45, 2.75) is 65.6 Å². The smallest absolute Gasteiger partial charge is 0.338 e. The van der Waals surface area contributed by atoms with Gasteiger partial charge in [0.05, 0.1) is 11.7 Å². The zero-order chi connectivity index (χ0) is 18.4. The number of aliphatic hydroxyl groups is 1. The fourth-order valence-corrected chi connectivity index (χ4v) is 3.06. The van der Waals surface area contributed by atoms with Crippen LogP contribution in [-0.4, -0.2) is 23.3 Å². The van der Waals surface area contributed by atoms with E-state index in [-0.39, 0.29) is 17.5 Å². The Balaban J connectivity index is 2.25. The van der Waals surface area contributed by atoms with Crippen LogP contribution in [0.4, 0.5) is 0 Å². The Labute approximate surface area is 151 Å². The SMILES string of the molecule is C/C1=C\CC(OC(=O)c2ccccc2)/C(C)=C/[C@@H](O)C(C)(C)CCC1. The number of hydrogen-bond acceptors (Lipinski definition) is 3. The Kier molecular flexibility index (Phi) is 6.60. The quantitative estimate of drug-likeness (QED) is 0.603. The molecule has 0 aliphatic heterocycles. The minimum absolute atomic E-state index is 0.195. The summed E-state index contributed by atoms with van der Waals surface area (Å²) < 4.78 is 5.76. The van der Waals surface area contributed by atoms with Crippen LogP contribution in [0, 0.1) is 5.41 Å². The summed E-state index contributed by atoms with van der Waals surface area (Å²) in [5.74, 6) is -0.326. The van der Waals surface area contributed by atoms with Gasteiger partial charge in [0.15, 0.2) is 0 Å². The molecule has 1 aliphatic carbocycles. The highest BCUT2D eigenvalue weighted by molar-refractivity contribution is 5.89. The molecule has 25 heavy (non-hydrogen) atoms. The molecule has 1 aliphatic rings. The Morgan fingerprint density at radius 1 is 1.20 bits per heavy atom. The maximum absolute atomic E-state index is 12.4. The van der Waals surface area contributed by atoms with Crippen molar-refractivity contribution in [1.29, 1.82) is 0 Å². The van der Waals surface area contributed by atoms with Crippen molar-refractivity contribution in [2.24, 2.45) is 5.41 Å². The minimum atomic E-state index is -0.552. The second kappa shape index (κ2) is 8.48. The van der Waals surface area contributed by atoms with Crippen LogP contribution in [0.2, 0.25) is 0 Å². The third-order valence-corrected chi connectivity index (χ3v) is 5.06. The fourth-order valence-electron chi connectivity index (χ4n) is 3.06. The Hall–Kier alpha value is -1.87. The van der Waals surface area contributed by atoms with Crippen molar-refractivity contribution in [2.75, 3.05) is 0 Å². The zero-order valence-electron chi connectivity index (χ0n) is 15.8. The van der Waals surface area contributed by atoms with Gasteiger partial charge in [0.2, 0.25) is 0 Å². The molecule has 1 unspecified atom stereocenters. The summed E-state index contributed by atoms with van der Waals surface area (Å²) in [6.07, 6.45) is 6.76. The number of carbonyl (C=O) groups is 1. The van der Waals surface area contributed by atoms with Crippen molar-refractivity contribution in [1.82, 2.24) is 0 Å². The largest absolute Gasteiger partial charge is 0.454 e. The van der Waals surface area contributed by atoms with Gasteiger partial charge in [0.1, 0.15) is 6.10 Å². The van der Waals surface area contributed by atoms with Gasteiger partial charge in [-0.2, -0.15) is 0 Å². The van der Waals surface area contributed by atoms with Crippen molar-refractivity contribution >= 4 is 5.97 Å². The highest BCUT2D eigenvalue weighted by Crippen LogP contribution is 2.31. The van der Waals surface area contributed by atoms with E-state index in [9.17, 15) is 9.90 Å². The first kappa shape index (κ1) is 19.5. The molecule has 0 saturated carbocycles. The molecule has 0 radical (unpaired) electrons. The number of ether oxygens (including phenoxy) is 1. The molecule has 0 saturated heterocycles. The van der Waals surface area contributed by atoms with Crippen LogP contribution in [0.25, 0.3) is 0 Å². The van der Waals surface area contributed by atoms with Gasteiger partial charge in [-0.3, -0.25) is 0 Å². The van der Waals surface area contributed by atoms with Crippen LogP contribution in [0.5, 0.6) is 0 Å². The van der Waals surface area contributed by atoms with Crippen LogP contribution in [0.15, 0.2) is 53.6 Å². The lowest BCUT2D eigenvalue weighted by Gasteiger charge is -2.29. The first-order valence-electron chi connectivity index (χ1n) is 9.07. The molecule has 0 fully saturated rings. The van der Waals surface area contributed by atoms with Crippen LogP contribution in [0.3, 0.4) is 0 Å². The summed E-state index contributed by atoms with van der Waals surface area (Å²) in [5.41, 5.74) is 2.56. The number of aliphatic hydroxyl groups excluding tert-OH is 1. The fraction of sp³-hybridized carbons (Fsp3) is 0.500. The zero-order valence-corrected chi connectivity index (χ0v) is 15.8. The van der Waals surface area contributed by atoms with Gasteiger partial charge < -0.3 is 9.84 Å². The third kappa shape index (κ3) is 5.57. The Bertz CT molecular complexity index is 640. The second-order valence-electron chi connectivity index (χ2n) is 7.74. The molecular formula is C22H30O3. The number of carbonyl (C=O) groups excluding carboxylic acids is 1. The van der Waals surface area contributed by atoms with E-state index >= 15 is 0 Å². The van der Waals surface area contributed by atoms with Crippen molar-refractivity contribution in [3.63, 3.8) is 0 Å². The number of allylic oxidation sites excluding steroid dienone is 1. The maximum atomic E-state index is 12.4. The molecular weight excluding hydrogens is 312 g/mol. The molecule has 2 rings (SSSR count). The Morgan fingerprint density at radius 2 is 1.88 bits per heavy atom. The molecule has 3 heteroatoms. The molecule has 1 aromatic rings. The standard InChI is InChI=1S/C22H30O3/c1-16-9-8-14-22(3,4)20(23)15-17(2)19(13-12-16)25-21(24)18-10-6-5-7-11-18/h5-7,10-12,15,19-20,23H,8-9,13-14H2,1-4H3/b16-12+,17-15+/t19?,20-/m1/s1. The van der Waals surface area contributed by atoms with E-state index in [1.54, 1.807) is 12.1 Å². The molecule has 3 nitrogen and oxygen atoms in total. The van der Waals surface area contributed by atoms with E-state index < -0.39 is 6.10 Å². The van der Waals surface area contributed by atoms with Gasteiger partial charge in [0, 0.05) is 6.42 Å². The monoisotopic (exact) mass is 342 g/mol. The third-order valence-electron chi connectivity index (χ3n) is 5.06. The van der Waals surface area contributed by atoms with E-state index in [0.717, 1.165) is 24.8 Å². The highest BCUT2D eigenvalue weighted by atomic mass is 16.5. The van der Waals surface area contributed by atoms with Crippen LogP contribution >= 0.6 is 0 Å². The maximum Gasteiger partial charge on any atom is 0.338 e. The predicted octanol–water partition coefficient (Wildman–Crippen LogP) is 5.07. The lowest BCUT2D eigenvalue weighted by Crippen LogP contribution is -2.29. The van der Waals surface area contributed by atoms with Gasteiger partial charge in [-0.1, -0.05) is 49.8 Å². The molecule has 0 bridgehead atoms. The summed E-state index contributed by atoms with van der Waals surface area (Å²) in [6.45, 7) is 8.23. The number of esters is 1. The molecule has 1 aromatic carbocycles. The number of benzene rings is 1. The highest BCUT2D eigenvalue weighted by Gasteiger charge is 2.27. The van der Waals surface area contributed by atoms with Crippen LogP contribution < -0.4 is 0 Å². The number of hydrogen-bond donors (Lipinski definition) is 1. The van der Waals surface area contributed by atoms with E-state index in [1.807, 2.05) is 31.2 Å². The molecule has 0 spiro atoms. The van der Waals surface area contributed by atoms with E-state index in [1.165, 1.54) is 5.57 Å². The average Bonchev–Trinajstić information content (AvgIpc) is 2.59. The Morgan fingerprint density at radius 3 is 2.56 bits per heavy atom. The first-order chi connectivity index (χ1) is 11.8. The van der Waals surface area contributed by atoms with Gasteiger partial charge in [-0.05, 0) is 56.2 Å². The molecule has 0 heterocycles. The van der Waals surface area contributed by atoms with Gasteiger partial charge >= 0.3 is 5.97 Å². The van der Waals surface area contributed by atoms with Crippen molar-refractivity contribution < 1.29 is 14.6 Å². The van der Waals surface area contributed by atoms with Gasteiger partial charge in [-0.25, -0.2) is 4.79 Å². The summed E-state index contributed by atoms with van der Waals surface area (Å²) in [7, 11) is 0. The van der Waals surface area contributed by atoms with Crippen LogP contribution in [-0.2, 0) is 4.74 Å². The second-order valence-corrected chi connectivity index (χ2v) is 7.74. The summed E-state index contributed by atoms with van der Waals surface area (Å²) in [4.78, 5) is 12.4. The predicted molar refractivity (Wildman–Crippen MR) is 101 cm³/mol. The van der Waals surface area contributed by atoms with E-state index in [4.69, 9.17) is 4.74 Å². The van der Waals surface area contributed by atoms with Crippen molar-refractivity contribution in [3.8, 4) is 0 Å². The lowest BCUT2D eigenvalue weighted by molar-refractivity contribution is 0.0368. The molecule has 136 valence electrons. The lowest BCUT2D eigenvalue weighted by atomic mass is 9.80. The minimum Gasteiger partial charge on any atom is -0.454 e. The van der Waals surface area contributed by atoms with Crippen molar-refractivity contribution in [3.05, 3.63) is 59.2 Å².